The third-order valence-corrected chi connectivity index (χ3v) is 4.06. The van der Waals surface area contributed by atoms with Crippen LogP contribution in [-0.2, 0) is 0 Å². The Hall–Kier alpha value is -2.75. The number of hydrogen-bond acceptors (Lipinski definition) is 3. The van der Waals surface area contributed by atoms with E-state index in [1.165, 1.54) is 5.56 Å². The van der Waals surface area contributed by atoms with Gasteiger partial charge in [0.25, 0.3) is 0 Å². The van der Waals surface area contributed by atoms with Crippen molar-refractivity contribution >= 4 is 11.6 Å². The van der Waals surface area contributed by atoms with Crippen molar-refractivity contribution in [2.75, 3.05) is 23.6 Å². The van der Waals surface area contributed by atoms with E-state index in [0.29, 0.717) is 0 Å². The molecule has 0 fully saturated rings. The molecule has 22 heavy (non-hydrogen) atoms. The zero-order valence-electron chi connectivity index (χ0n) is 12.8. The van der Waals surface area contributed by atoms with Crippen molar-refractivity contribution in [3.63, 3.8) is 0 Å². The zero-order valence-corrected chi connectivity index (χ0v) is 12.8. The van der Waals surface area contributed by atoms with Crippen LogP contribution in [0.5, 0.6) is 0 Å². The Morgan fingerprint density at radius 2 is 1.55 bits per heavy atom. The molecule has 1 aliphatic heterocycles. The minimum absolute atomic E-state index is 0.798. The van der Waals surface area contributed by atoms with Gasteiger partial charge in [0, 0.05) is 18.3 Å². The minimum Gasteiger partial charge on any atom is -0.292 e. The molecule has 0 unspecified atom stereocenters. The number of fused-ring (bicyclic) bond motifs is 1. The summed E-state index contributed by atoms with van der Waals surface area (Å²) in [5.74, 6) is 0.977. The maximum absolute atomic E-state index is 4.82. The fourth-order valence-corrected chi connectivity index (χ4v) is 3.07. The van der Waals surface area contributed by atoms with Crippen LogP contribution >= 0.6 is 0 Å². The maximum Gasteiger partial charge on any atom is 0.231 e. The molecule has 0 spiro atoms. The Bertz CT molecular complexity index is 793. The third-order valence-electron chi connectivity index (χ3n) is 4.06. The number of para-hydroxylation sites is 1. The Kier molecular flexibility index (Phi) is 2.89. The Morgan fingerprint density at radius 3 is 2.23 bits per heavy atom. The van der Waals surface area contributed by atoms with Crippen molar-refractivity contribution < 1.29 is 0 Å². The van der Waals surface area contributed by atoms with Crippen molar-refractivity contribution in [2.45, 2.75) is 6.92 Å². The molecule has 2 heterocycles. The molecule has 4 heteroatoms. The van der Waals surface area contributed by atoms with Crippen LogP contribution in [0.15, 0.2) is 60.7 Å². The van der Waals surface area contributed by atoms with Gasteiger partial charge < -0.3 is 0 Å². The molecule has 0 saturated carbocycles. The Morgan fingerprint density at radius 1 is 0.909 bits per heavy atom. The highest BCUT2D eigenvalue weighted by Crippen LogP contribution is 2.35. The molecule has 0 amide bonds. The first-order chi connectivity index (χ1) is 10.8. The molecule has 110 valence electrons. The number of hydrogen-bond donors (Lipinski definition) is 0. The van der Waals surface area contributed by atoms with Crippen LogP contribution in [0, 0.1) is 6.92 Å². The highest BCUT2D eigenvalue weighted by Gasteiger charge is 2.30. The molecule has 0 bridgehead atoms. The number of aromatic nitrogens is 2. The number of imidazole rings is 1. The topological polar surface area (TPSA) is 24.3 Å². The fraction of sp³-hybridized carbons (Fsp3) is 0.167. The smallest absolute Gasteiger partial charge is 0.231 e. The van der Waals surface area contributed by atoms with Gasteiger partial charge in [-0.2, -0.15) is 0 Å². The summed E-state index contributed by atoms with van der Waals surface area (Å²) in [6, 6.07) is 20.9. The van der Waals surface area contributed by atoms with Gasteiger partial charge in [0.2, 0.25) is 5.95 Å². The molecule has 0 radical (unpaired) electrons. The van der Waals surface area contributed by atoms with Gasteiger partial charge >= 0.3 is 0 Å². The number of anilines is 2. The molecule has 0 aliphatic carbocycles. The van der Waals surface area contributed by atoms with Crippen molar-refractivity contribution in [3.05, 3.63) is 66.4 Å². The van der Waals surface area contributed by atoms with Crippen LogP contribution in [0.1, 0.15) is 5.69 Å². The van der Waals surface area contributed by atoms with Crippen LogP contribution in [-0.4, -0.2) is 23.4 Å². The SMILES string of the molecule is Cc1nc2n(c1-c1ccccc1)N(C)CN2c1ccccc1. The predicted molar refractivity (Wildman–Crippen MR) is 90.0 cm³/mol. The van der Waals surface area contributed by atoms with Gasteiger partial charge in [0.15, 0.2) is 0 Å². The normalized spacial score (nSPS) is 13.5. The lowest BCUT2D eigenvalue weighted by Gasteiger charge is -2.18. The Labute approximate surface area is 130 Å². The molecule has 0 saturated heterocycles. The Balaban J connectivity index is 1.87. The van der Waals surface area contributed by atoms with Crippen LogP contribution in [0.3, 0.4) is 0 Å². The van der Waals surface area contributed by atoms with Crippen molar-refractivity contribution in [2.24, 2.45) is 0 Å². The van der Waals surface area contributed by atoms with E-state index in [1.54, 1.807) is 0 Å². The van der Waals surface area contributed by atoms with Crippen molar-refractivity contribution in [1.29, 1.82) is 0 Å². The van der Waals surface area contributed by atoms with Crippen LogP contribution < -0.4 is 9.91 Å². The minimum atomic E-state index is 0.798. The second-order valence-corrected chi connectivity index (χ2v) is 5.59. The van der Waals surface area contributed by atoms with E-state index in [4.69, 9.17) is 4.98 Å². The first-order valence-electron chi connectivity index (χ1n) is 7.44. The van der Waals surface area contributed by atoms with Gasteiger partial charge in [-0.05, 0) is 19.1 Å². The first kappa shape index (κ1) is 13.0. The molecular weight excluding hydrogens is 272 g/mol. The number of rotatable bonds is 2. The number of nitrogens with zero attached hydrogens (tertiary/aromatic N) is 4. The fourth-order valence-electron chi connectivity index (χ4n) is 3.07. The van der Waals surface area contributed by atoms with Gasteiger partial charge in [0.05, 0.1) is 11.4 Å². The second-order valence-electron chi connectivity index (χ2n) is 5.59. The van der Waals surface area contributed by atoms with Crippen molar-refractivity contribution in [1.82, 2.24) is 9.66 Å². The largest absolute Gasteiger partial charge is 0.292 e. The molecule has 0 N–H and O–H groups in total. The van der Waals surface area contributed by atoms with E-state index in [2.05, 4.69) is 77.1 Å². The van der Waals surface area contributed by atoms with Gasteiger partial charge in [-0.15, -0.1) is 0 Å². The molecule has 2 aromatic carbocycles. The van der Waals surface area contributed by atoms with E-state index in [9.17, 15) is 0 Å². The molecular formula is C18H18N4. The summed E-state index contributed by atoms with van der Waals surface area (Å²) in [4.78, 5) is 7.06. The van der Waals surface area contributed by atoms with Gasteiger partial charge in [0.1, 0.15) is 6.67 Å². The summed E-state index contributed by atoms with van der Waals surface area (Å²) in [6.45, 7) is 2.87. The van der Waals surface area contributed by atoms with Crippen LogP contribution in [0.4, 0.5) is 11.6 Å². The molecule has 4 nitrogen and oxygen atoms in total. The van der Waals surface area contributed by atoms with E-state index >= 15 is 0 Å². The number of benzene rings is 2. The molecule has 0 atom stereocenters. The predicted octanol–water partition coefficient (Wildman–Crippen LogP) is 3.54. The van der Waals surface area contributed by atoms with E-state index < -0.39 is 0 Å². The summed E-state index contributed by atoms with van der Waals surface area (Å²) in [7, 11) is 2.10. The van der Waals surface area contributed by atoms with E-state index in [1.807, 2.05) is 12.1 Å². The van der Waals surface area contributed by atoms with Gasteiger partial charge in [-0.25, -0.2) is 9.66 Å². The summed E-state index contributed by atoms with van der Waals surface area (Å²) >= 11 is 0. The van der Waals surface area contributed by atoms with E-state index in [0.717, 1.165) is 29.7 Å². The monoisotopic (exact) mass is 290 g/mol. The quantitative estimate of drug-likeness (QED) is 0.721. The number of aryl methyl sites for hydroxylation is 1. The molecule has 1 aromatic heterocycles. The highest BCUT2D eigenvalue weighted by atomic mass is 15.7. The summed E-state index contributed by atoms with van der Waals surface area (Å²) in [6.07, 6.45) is 0. The van der Waals surface area contributed by atoms with Gasteiger partial charge in [-0.1, -0.05) is 48.5 Å². The standard InChI is InChI=1S/C18H18N4/c1-14-17(15-9-5-3-6-10-15)22-18(19-14)21(13-20(22)2)16-11-7-4-8-12-16/h3-12H,13H2,1-2H3. The van der Waals surface area contributed by atoms with Crippen molar-refractivity contribution in [3.8, 4) is 11.3 Å². The lowest BCUT2D eigenvalue weighted by molar-refractivity contribution is 0.743. The summed E-state index contributed by atoms with van der Waals surface area (Å²) < 4.78 is 2.21. The van der Waals surface area contributed by atoms with Crippen LogP contribution in [0.2, 0.25) is 0 Å². The van der Waals surface area contributed by atoms with E-state index in [-0.39, 0.29) is 0 Å². The second kappa shape index (κ2) is 4.91. The molecule has 4 rings (SSSR count). The zero-order chi connectivity index (χ0) is 15.1. The lowest BCUT2D eigenvalue weighted by Crippen LogP contribution is -2.30. The van der Waals surface area contributed by atoms with Gasteiger partial charge in [-0.3, -0.25) is 9.91 Å². The average molecular weight is 290 g/mol. The average Bonchev–Trinajstić information content (AvgIpc) is 3.06. The third kappa shape index (κ3) is 1.88. The highest BCUT2D eigenvalue weighted by molar-refractivity contribution is 5.71. The summed E-state index contributed by atoms with van der Waals surface area (Å²) in [5.41, 5.74) is 4.57. The first-order valence-corrected chi connectivity index (χ1v) is 7.44. The molecule has 3 aromatic rings. The maximum atomic E-state index is 4.82. The molecule has 1 aliphatic rings. The van der Waals surface area contributed by atoms with Crippen LogP contribution in [0.25, 0.3) is 11.3 Å². The lowest BCUT2D eigenvalue weighted by atomic mass is 10.1. The summed E-state index contributed by atoms with van der Waals surface area (Å²) in [5, 5.41) is 2.20.